The maximum atomic E-state index is 9.76. The molecule has 0 aliphatic heterocycles. The molecular formula is C8H7ClN2OS2. The standard InChI is InChI=1S/C8H7ClN2OS2/c9-5-1-2-13-8(5)3-7(12)6-4-14-11-10-6/h1-2,4,7,12H,3H2. The van der Waals surface area contributed by atoms with Gasteiger partial charge in [-0.3, -0.25) is 0 Å². The average Bonchev–Trinajstić information content (AvgIpc) is 2.77. The van der Waals surface area contributed by atoms with E-state index in [1.807, 2.05) is 11.4 Å². The highest BCUT2D eigenvalue weighted by Gasteiger charge is 2.13. The van der Waals surface area contributed by atoms with Gasteiger partial charge < -0.3 is 5.11 Å². The molecule has 0 bridgehead atoms. The van der Waals surface area contributed by atoms with Crippen LogP contribution in [-0.2, 0) is 6.42 Å². The molecule has 2 aromatic heterocycles. The van der Waals surface area contributed by atoms with Crippen LogP contribution >= 0.6 is 34.5 Å². The molecule has 74 valence electrons. The lowest BCUT2D eigenvalue weighted by molar-refractivity contribution is 0.174. The summed E-state index contributed by atoms with van der Waals surface area (Å²) in [4.78, 5) is 0.979. The molecule has 6 heteroatoms. The van der Waals surface area contributed by atoms with E-state index in [1.54, 1.807) is 5.38 Å². The van der Waals surface area contributed by atoms with E-state index >= 15 is 0 Å². The van der Waals surface area contributed by atoms with Crippen LogP contribution in [0.1, 0.15) is 16.7 Å². The van der Waals surface area contributed by atoms with Crippen molar-refractivity contribution >= 4 is 34.5 Å². The summed E-state index contributed by atoms with van der Waals surface area (Å²) in [6, 6.07) is 1.83. The summed E-state index contributed by atoms with van der Waals surface area (Å²) in [6.45, 7) is 0. The fourth-order valence-corrected chi connectivity index (χ4v) is 2.72. The van der Waals surface area contributed by atoms with Crippen LogP contribution in [0.25, 0.3) is 0 Å². The highest BCUT2D eigenvalue weighted by molar-refractivity contribution is 7.10. The molecule has 1 unspecified atom stereocenters. The quantitative estimate of drug-likeness (QED) is 0.905. The average molecular weight is 247 g/mol. The summed E-state index contributed by atoms with van der Waals surface area (Å²) in [5, 5.41) is 17.9. The Morgan fingerprint density at radius 1 is 1.57 bits per heavy atom. The Morgan fingerprint density at radius 2 is 2.43 bits per heavy atom. The lowest BCUT2D eigenvalue weighted by atomic mass is 10.2. The topological polar surface area (TPSA) is 46.0 Å². The van der Waals surface area contributed by atoms with Crippen molar-refractivity contribution in [3.05, 3.63) is 32.4 Å². The van der Waals surface area contributed by atoms with Gasteiger partial charge in [0.1, 0.15) is 11.8 Å². The number of aliphatic hydroxyl groups is 1. The molecule has 3 nitrogen and oxygen atoms in total. The Morgan fingerprint density at radius 3 is 3.00 bits per heavy atom. The van der Waals surface area contributed by atoms with Crippen LogP contribution in [0.5, 0.6) is 0 Å². The molecule has 0 amide bonds. The second-order valence-electron chi connectivity index (χ2n) is 2.74. The zero-order valence-corrected chi connectivity index (χ0v) is 9.44. The smallest absolute Gasteiger partial charge is 0.104 e. The minimum absolute atomic E-state index is 0.502. The molecule has 14 heavy (non-hydrogen) atoms. The Hall–Kier alpha value is -0.490. The van der Waals surface area contributed by atoms with Crippen molar-refractivity contribution in [2.45, 2.75) is 12.5 Å². The summed E-state index contributed by atoms with van der Waals surface area (Å²) < 4.78 is 3.70. The second kappa shape index (κ2) is 4.35. The molecule has 0 saturated carbocycles. The van der Waals surface area contributed by atoms with Crippen molar-refractivity contribution in [3.8, 4) is 0 Å². The van der Waals surface area contributed by atoms with Gasteiger partial charge in [0, 0.05) is 16.7 Å². The van der Waals surface area contributed by atoms with Gasteiger partial charge in [-0.1, -0.05) is 16.1 Å². The van der Waals surface area contributed by atoms with E-state index < -0.39 is 6.10 Å². The first-order valence-corrected chi connectivity index (χ1v) is 6.03. The molecule has 1 N–H and O–H groups in total. The number of aliphatic hydroxyl groups excluding tert-OH is 1. The van der Waals surface area contributed by atoms with Gasteiger partial charge in [0.25, 0.3) is 0 Å². The number of thiophene rings is 1. The van der Waals surface area contributed by atoms with Crippen LogP contribution in [-0.4, -0.2) is 14.7 Å². The van der Waals surface area contributed by atoms with Gasteiger partial charge in [-0.2, -0.15) is 0 Å². The van der Waals surface area contributed by atoms with E-state index in [4.69, 9.17) is 11.6 Å². The largest absolute Gasteiger partial charge is 0.386 e. The Labute approximate surface area is 94.1 Å². The summed E-state index contributed by atoms with van der Waals surface area (Å²) in [5.74, 6) is 0. The lowest BCUT2D eigenvalue weighted by Crippen LogP contribution is -2.01. The highest BCUT2D eigenvalue weighted by Crippen LogP contribution is 2.27. The molecule has 0 aliphatic carbocycles. The molecule has 1 atom stereocenters. The molecule has 2 heterocycles. The fourth-order valence-electron chi connectivity index (χ4n) is 1.07. The summed E-state index contributed by atoms with van der Waals surface area (Å²) in [6.07, 6.45) is -0.105. The van der Waals surface area contributed by atoms with Gasteiger partial charge >= 0.3 is 0 Å². The highest BCUT2D eigenvalue weighted by atomic mass is 35.5. The molecular weight excluding hydrogens is 240 g/mol. The van der Waals surface area contributed by atoms with Crippen LogP contribution in [0.4, 0.5) is 0 Å². The van der Waals surface area contributed by atoms with Crippen molar-refractivity contribution in [3.63, 3.8) is 0 Å². The fraction of sp³-hybridized carbons (Fsp3) is 0.250. The van der Waals surface area contributed by atoms with Crippen LogP contribution in [0.2, 0.25) is 5.02 Å². The molecule has 0 spiro atoms. The van der Waals surface area contributed by atoms with Crippen LogP contribution in [0.3, 0.4) is 0 Å². The zero-order valence-electron chi connectivity index (χ0n) is 7.05. The molecule has 2 rings (SSSR count). The Kier molecular flexibility index (Phi) is 3.12. The first kappa shape index (κ1) is 10.0. The molecule has 0 fully saturated rings. The number of aromatic nitrogens is 2. The number of hydrogen-bond donors (Lipinski definition) is 1. The molecule has 0 aromatic carbocycles. The SMILES string of the molecule is OC(Cc1sccc1Cl)c1csnn1. The van der Waals surface area contributed by atoms with Crippen molar-refractivity contribution in [2.75, 3.05) is 0 Å². The number of hydrogen-bond acceptors (Lipinski definition) is 5. The first-order chi connectivity index (χ1) is 6.77. The summed E-state index contributed by atoms with van der Waals surface area (Å²) in [7, 11) is 0. The van der Waals surface area contributed by atoms with Crippen molar-refractivity contribution in [1.29, 1.82) is 0 Å². The van der Waals surface area contributed by atoms with Gasteiger partial charge in [0.15, 0.2) is 0 Å². The van der Waals surface area contributed by atoms with E-state index in [9.17, 15) is 5.11 Å². The third-order valence-electron chi connectivity index (χ3n) is 1.79. The number of halogens is 1. The zero-order chi connectivity index (χ0) is 9.97. The second-order valence-corrected chi connectivity index (χ2v) is 4.76. The minimum Gasteiger partial charge on any atom is -0.386 e. The molecule has 0 saturated heterocycles. The maximum absolute atomic E-state index is 9.76. The van der Waals surface area contributed by atoms with E-state index in [0.717, 1.165) is 4.88 Å². The lowest BCUT2D eigenvalue weighted by Gasteiger charge is -2.04. The minimum atomic E-state index is -0.607. The van der Waals surface area contributed by atoms with E-state index in [1.165, 1.54) is 22.9 Å². The summed E-state index contributed by atoms with van der Waals surface area (Å²) in [5.41, 5.74) is 0.611. The predicted molar refractivity (Wildman–Crippen MR) is 57.9 cm³/mol. The van der Waals surface area contributed by atoms with Gasteiger partial charge in [-0.25, -0.2) is 0 Å². The third-order valence-corrected chi connectivity index (χ3v) is 3.72. The number of rotatable bonds is 3. The van der Waals surface area contributed by atoms with E-state index in [0.29, 0.717) is 17.1 Å². The van der Waals surface area contributed by atoms with Gasteiger partial charge in [-0.15, -0.1) is 16.4 Å². The van der Waals surface area contributed by atoms with E-state index in [2.05, 4.69) is 9.59 Å². The number of nitrogens with zero attached hydrogens (tertiary/aromatic N) is 2. The van der Waals surface area contributed by atoms with Crippen molar-refractivity contribution < 1.29 is 5.11 Å². The molecule has 0 aliphatic rings. The molecule has 0 radical (unpaired) electrons. The van der Waals surface area contributed by atoms with Crippen LogP contribution in [0, 0.1) is 0 Å². The molecule has 2 aromatic rings. The predicted octanol–water partition coefficient (Wildman–Crippen LogP) is 2.53. The normalized spacial score (nSPS) is 13.0. The maximum Gasteiger partial charge on any atom is 0.104 e. The van der Waals surface area contributed by atoms with Crippen molar-refractivity contribution in [2.24, 2.45) is 0 Å². The third kappa shape index (κ3) is 2.12. The van der Waals surface area contributed by atoms with Gasteiger partial charge in [0.2, 0.25) is 0 Å². The Balaban J connectivity index is 2.09. The summed E-state index contributed by atoms with van der Waals surface area (Å²) >= 11 is 8.68. The monoisotopic (exact) mass is 246 g/mol. The van der Waals surface area contributed by atoms with Gasteiger partial charge in [-0.05, 0) is 23.0 Å². The van der Waals surface area contributed by atoms with Crippen LogP contribution < -0.4 is 0 Å². The first-order valence-electron chi connectivity index (χ1n) is 3.94. The van der Waals surface area contributed by atoms with Crippen LogP contribution in [0.15, 0.2) is 16.8 Å². The Bertz CT molecular complexity index is 401. The van der Waals surface area contributed by atoms with Gasteiger partial charge in [0.05, 0.1) is 5.02 Å². The van der Waals surface area contributed by atoms with Crippen molar-refractivity contribution in [1.82, 2.24) is 9.59 Å². The van der Waals surface area contributed by atoms with E-state index in [-0.39, 0.29) is 0 Å².